The second kappa shape index (κ2) is 8.27. The number of benzene rings is 1. The van der Waals surface area contributed by atoms with Crippen molar-refractivity contribution >= 4 is 0 Å². The van der Waals surface area contributed by atoms with Crippen molar-refractivity contribution in [2.75, 3.05) is 33.0 Å². The molecule has 2 rings (SSSR count). The Balaban J connectivity index is 1.61. The lowest BCUT2D eigenvalue weighted by Crippen LogP contribution is -2.28. The molecule has 19 heavy (non-hydrogen) atoms. The number of aliphatic hydroxyl groups excluding tert-OH is 1. The van der Waals surface area contributed by atoms with Gasteiger partial charge in [0.15, 0.2) is 0 Å². The molecule has 0 radical (unpaired) electrons. The Hall–Kier alpha value is -0.940. The van der Waals surface area contributed by atoms with Crippen molar-refractivity contribution in [3.8, 4) is 0 Å². The number of hydrogen-bond donors (Lipinski definition) is 2. The van der Waals surface area contributed by atoms with Crippen molar-refractivity contribution in [1.29, 1.82) is 0 Å². The van der Waals surface area contributed by atoms with E-state index < -0.39 is 0 Å². The summed E-state index contributed by atoms with van der Waals surface area (Å²) in [4.78, 5) is 0. The van der Waals surface area contributed by atoms with Crippen molar-refractivity contribution < 1.29 is 14.6 Å². The van der Waals surface area contributed by atoms with Crippen LogP contribution in [0, 0.1) is 0 Å². The summed E-state index contributed by atoms with van der Waals surface area (Å²) in [6.07, 6.45) is 2.53. The fraction of sp³-hybridized carbons (Fsp3) is 0.600. The van der Waals surface area contributed by atoms with Crippen LogP contribution in [0.5, 0.6) is 0 Å². The molecule has 0 spiro atoms. The number of ether oxygens (including phenoxy) is 2. The fourth-order valence-corrected chi connectivity index (χ4v) is 2.27. The van der Waals surface area contributed by atoms with Crippen molar-refractivity contribution in [1.82, 2.24) is 5.32 Å². The van der Waals surface area contributed by atoms with Gasteiger partial charge in [-0.3, -0.25) is 0 Å². The summed E-state index contributed by atoms with van der Waals surface area (Å²) in [5, 5.41) is 12.7. The first-order valence-corrected chi connectivity index (χ1v) is 6.98. The molecular formula is C15H23NO3. The van der Waals surface area contributed by atoms with E-state index in [2.05, 4.69) is 5.32 Å². The van der Waals surface area contributed by atoms with Crippen LogP contribution in [-0.2, 0) is 9.47 Å². The van der Waals surface area contributed by atoms with Gasteiger partial charge in [0.2, 0.25) is 0 Å². The maximum absolute atomic E-state index is 9.39. The molecule has 2 atom stereocenters. The van der Waals surface area contributed by atoms with Gasteiger partial charge in [0.1, 0.15) is 0 Å². The van der Waals surface area contributed by atoms with E-state index >= 15 is 0 Å². The molecule has 106 valence electrons. The largest absolute Gasteiger partial charge is 0.394 e. The van der Waals surface area contributed by atoms with E-state index in [1.54, 1.807) is 0 Å². The maximum Gasteiger partial charge on any atom is 0.0809 e. The predicted octanol–water partition coefficient (Wildman–Crippen LogP) is 1.51. The van der Waals surface area contributed by atoms with Crippen molar-refractivity contribution in [2.45, 2.75) is 25.0 Å². The molecule has 0 amide bonds. The van der Waals surface area contributed by atoms with E-state index in [0.717, 1.165) is 31.6 Å². The van der Waals surface area contributed by atoms with E-state index in [4.69, 9.17) is 9.47 Å². The molecule has 2 unspecified atom stereocenters. The normalized spacial score (nSPS) is 20.6. The Morgan fingerprint density at radius 3 is 2.89 bits per heavy atom. The number of nitrogens with one attached hydrogen (secondary N) is 1. The third-order valence-corrected chi connectivity index (χ3v) is 3.35. The average molecular weight is 265 g/mol. The third-order valence-electron chi connectivity index (χ3n) is 3.35. The zero-order valence-electron chi connectivity index (χ0n) is 11.3. The van der Waals surface area contributed by atoms with Crippen LogP contribution in [0.2, 0.25) is 0 Å². The lowest BCUT2D eigenvalue weighted by atomic mass is 10.1. The molecule has 0 aliphatic carbocycles. The van der Waals surface area contributed by atoms with Gasteiger partial charge in [-0.2, -0.15) is 0 Å². The van der Waals surface area contributed by atoms with Gasteiger partial charge < -0.3 is 19.9 Å². The third kappa shape index (κ3) is 4.91. The first kappa shape index (κ1) is 14.5. The average Bonchev–Trinajstić information content (AvgIpc) is 2.97. The lowest BCUT2D eigenvalue weighted by molar-refractivity contribution is 0.0174. The Morgan fingerprint density at radius 1 is 1.37 bits per heavy atom. The molecule has 0 aromatic heterocycles. The van der Waals surface area contributed by atoms with Gasteiger partial charge in [-0.05, 0) is 18.4 Å². The van der Waals surface area contributed by atoms with E-state index in [1.807, 2.05) is 30.3 Å². The summed E-state index contributed by atoms with van der Waals surface area (Å²) in [7, 11) is 0. The quantitative estimate of drug-likeness (QED) is 0.700. The lowest BCUT2D eigenvalue weighted by Gasteiger charge is -2.17. The van der Waals surface area contributed by atoms with Crippen LogP contribution in [-0.4, -0.2) is 44.2 Å². The van der Waals surface area contributed by atoms with Gasteiger partial charge in [0.25, 0.3) is 0 Å². The molecule has 1 saturated heterocycles. The van der Waals surface area contributed by atoms with E-state index in [0.29, 0.717) is 13.2 Å². The van der Waals surface area contributed by atoms with Crippen LogP contribution in [0.25, 0.3) is 0 Å². The van der Waals surface area contributed by atoms with Gasteiger partial charge >= 0.3 is 0 Å². The summed E-state index contributed by atoms with van der Waals surface area (Å²) in [6.45, 7) is 3.01. The molecule has 1 aliphatic heterocycles. The van der Waals surface area contributed by atoms with E-state index in [1.165, 1.54) is 0 Å². The second-order valence-electron chi connectivity index (χ2n) is 4.81. The van der Waals surface area contributed by atoms with Gasteiger partial charge in [-0.15, -0.1) is 0 Å². The molecule has 4 nitrogen and oxygen atoms in total. The fourth-order valence-electron chi connectivity index (χ4n) is 2.27. The highest BCUT2D eigenvalue weighted by atomic mass is 16.5. The van der Waals surface area contributed by atoms with E-state index in [9.17, 15) is 5.11 Å². The van der Waals surface area contributed by atoms with Crippen molar-refractivity contribution in [3.05, 3.63) is 35.9 Å². The summed E-state index contributed by atoms with van der Waals surface area (Å²) in [6, 6.07) is 9.94. The molecule has 2 N–H and O–H groups in total. The Morgan fingerprint density at radius 2 is 2.21 bits per heavy atom. The molecule has 4 heteroatoms. The van der Waals surface area contributed by atoms with Gasteiger partial charge in [-0.1, -0.05) is 30.3 Å². The summed E-state index contributed by atoms with van der Waals surface area (Å²) in [5.41, 5.74) is 1.10. The molecule has 1 aromatic carbocycles. The summed E-state index contributed by atoms with van der Waals surface area (Å²) < 4.78 is 11.1. The minimum atomic E-state index is -0.0208. The smallest absolute Gasteiger partial charge is 0.0809 e. The molecule has 1 aromatic rings. The molecular weight excluding hydrogens is 242 g/mol. The predicted molar refractivity (Wildman–Crippen MR) is 74.1 cm³/mol. The van der Waals surface area contributed by atoms with Gasteiger partial charge in [0.05, 0.1) is 32.0 Å². The Labute approximate surface area is 114 Å². The van der Waals surface area contributed by atoms with Crippen LogP contribution >= 0.6 is 0 Å². The van der Waals surface area contributed by atoms with Crippen molar-refractivity contribution in [3.63, 3.8) is 0 Å². The SMILES string of the molecule is OCC(NCCOCC1CCCO1)c1ccccc1. The van der Waals surface area contributed by atoms with Crippen LogP contribution in [0.3, 0.4) is 0 Å². The van der Waals surface area contributed by atoms with Crippen molar-refractivity contribution in [2.24, 2.45) is 0 Å². The Bertz CT molecular complexity index is 339. The molecule has 0 saturated carbocycles. The minimum absolute atomic E-state index is 0.0208. The van der Waals surface area contributed by atoms with E-state index in [-0.39, 0.29) is 18.8 Å². The highest BCUT2D eigenvalue weighted by Crippen LogP contribution is 2.12. The Kier molecular flexibility index (Phi) is 6.30. The number of hydrogen-bond acceptors (Lipinski definition) is 4. The first-order chi connectivity index (χ1) is 9.40. The molecule has 1 aliphatic rings. The second-order valence-corrected chi connectivity index (χ2v) is 4.81. The van der Waals surface area contributed by atoms with Crippen LogP contribution in [0.15, 0.2) is 30.3 Å². The van der Waals surface area contributed by atoms with Crippen LogP contribution < -0.4 is 5.32 Å². The zero-order valence-corrected chi connectivity index (χ0v) is 11.3. The minimum Gasteiger partial charge on any atom is -0.394 e. The number of aliphatic hydroxyl groups is 1. The standard InChI is InChI=1S/C15H23NO3/c17-11-15(13-5-2-1-3-6-13)16-8-10-18-12-14-7-4-9-19-14/h1-3,5-6,14-17H,4,7-12H2. The summed E-state index contributed by atoms with van der Waals surface area (Å²) >= 11 is 0. The summed E-state index contributed by atoms with van der Waals surface area (Å²) in [5.74, 6) is 0. The highest BCUT2D eigenvalue weighted by molar-refractivity contribution is 5.18. The van der Waals surface area contributed by atoms with Crippen LogP contribution in [0.1, 0.15) is 24.4 Å². The van der Waals surface area contributed by atoms with Gasteiger partial charge in [0, 0.05) is 13.2 Å². The zero-order chi connectivity index (χ0) is 13.3. The topological polar surface area (TPSA) is 50.7 Å². The van der Waals surface area contributed by atoms with Crippen LogP contribution in [0.4, 0.5) is 0 Å². The molecule has 1 heterocycles. The highest BCUT2D eigenvalue weighted by Gasteiger charge is 2.15. The first-order valence-electron chi connectivity index (χ1n) is 6.98. The maximum atomic E-state index is 9.39. The monoisotopic (exact) mass is 265 g/mol. The van der Waals surface area contributed by atoms with Gasteiger partial charge in [-0.25, -0.2) is 0 Å². The molecule has 1 fully saturated rings. The molecule has 0 bridgehead atoms. The number of rotatable bonds is 8.